The van der Waals surface area contributed by atoms with Crippen molar-refractivity contribution < 1.29 is 14.3 Å². The van der Waals surface area contributed by atoms with Gasteiger partial charge in [0.2, 0.25) is 0 Å². The third-order valence-electron chi connectivity index (χ3n) is 2.13. The molecule has 1 aliphatic rings. The summed E-state index contributed by atoms with van der Waals surface area (Å²) >= 11 is 0. The van der Waals surface area contributed by atoms with Crippen LogP contribution in [0.4, 0.5) is 0 Å². The molecule has 0 unspecified atom stereocenters. The van der Waals surface area contributed by atoms with Crippen LogP contribution in [0.5, 0.6) is 11.5 Å². The van der Waals surface area contributed by atoms with E-state index in [0.717, 1.165) is 11.3 Å². The van der Waals surface area contributed by atoms with E-state index < -0.39 is 0 Å². The Labute approximate surface area is 93.8 Å². The zero-order chi connectivity index (χ0) is 11.4. The fourth-order valence-electron chi connectivity index (χ4n) is 1.39. The number of ether oxygens (including phenoxy) is 2. The number of hydrogen-bond donors (Lipinski definition) is 1. The molecular formula is C11H14N2O3. The van der Waals surface area contributed by atoms with Crippen LogP contribution in [0.3, 0.4) is 0 Å². The highest BCUT2D eigenvalue weighted by Crippen LogP contribution is 2.30. The van der Waals surface area contributed by atoms with Crippen molar-refractivity contribution >= 4 is 5.84 Å². The van der Waals surface area contributed by atoms with Gasteiger partial charge in [-0.1, -0.05) is 5.16 Å². The highest BCUT2D eigenvalue weighted by Gasteiger charge is 2.12. The first-order chi connectivity index (χ1) is 7.81. The van der Waals surface area contributed by atoms with Crippen molar-refractivity contribution in [3.8, 4) is 11.5 Å². The topological polar surface area (TPSA) is 66.1 Å². The number of amidine groups is 1. The zero-order valence-corrected chi connectivity index (χ0v) is 9.10. The summed E-state index contributed by atoms with van der Waals surface area (Å²) in [7, 11) is 0. The Morgan fingerprint density at radius 2 is 2.12 bits per heavy atom. The average Bonchev–Trinajstić information content (AvgIpc) is 2.35. The van der Waals surface area contributed by atoms with Crippen LogP contribution >= 0.6 is 0 Å². The predicted octanol–water partition coefficient (Wildman–Crippen LogP) is 1.11. The van der Waals surface area contributed by atoms with Gasteiger partial charge in [0.05, 0.1) is 0 Å². The van der Waals surface area contributed by atoms with Gasteiger partial charge in [0.15, 0.2) is 17.3 Å². The first-order valence-electron chi connectivity index (χ1n) is 5.16. The first kappa shape index (κ1) is 10.6. The molecule has 0 amide bonds. The molecule has 1 aromatic rings. The maximum absolute atomic E-state index is 5.74. The number of benzene rings is 1. The van der Waals surface area contributed by atoms with Gasteiger partial charge in [-0.05, 0) is 25.1 Å². The summed E-state index contributed by atoms with van der Waals surface area (Å²) in [6.45, 7) is 3.47. The second kappa shape index (κ2) is 4.74. The third-order valence-corrected chi connectivity index (χ3v) is 2.13. The molecule has 2 rings (SSSR count). The highest BCUT2D eigenvalue weighted by molar-refractivity contribution is 5.97. The van der Waals surface area contributed by atoms with Crippen LogP contribution in [-0.2, 0) is 4.84 Å². The molecule has 5 heteroatoms. The van der Waals surface area contributed by atoms with Gasteiger partial charge in [-0.15, -0.1) is 0 Å². The third kappa shape index (κ3) is 2.18. The van der Waals surface area contributed by atoms with E-state index in [4.69, 9.17) is 20.0 Å². The van der Waals surface area contributed by atoms with E-state index >= 15 is 0 Å². The average molecular weight is 222 g/mol. The minimum absolute atomic E-state index is 0.332. The maximum atomic E-state index is 5.74. The molecule has 1 heterocycles. The molecule has 0 spiro atoms. The van der Waals surface area contributed by atoms with E-state index in [9.17, 15) is 0 Å². The molecule has 2 N–H and O–H groups in total. The number of fused-ring (bicyclic) bond motifs is 1. The molecule has 16 heavy (non-hydrogen) atoms. The largest absolute Gasteiger partial charge is 0.486 e. The summed E-state index contributed by atoms with van der Waals surface area (Å²) in [5.41, 5.74) is 6.50. The molecule has 86 valence electrons. The van der Waals surface area contributed by atoms with E-state index in [0.29, 0.717) is 31.4 Å². The molecule has 0 aliphatic carbocycles. The van der Waals surface area contributed by atoms with Crippen molar-refractivity contribution in [3.05, 3.63) is 23.8 Å². The van der Waals surface area contributed by atoms with Crippen molar-refractivity contribution in [3.63, 3.8) is 0 Å². The Hall–Kier alpha value is -1.91. The molecule has 0 saturated carbocycles. The molecule has 5 nitrogen and oxygen atoms in total. The quantitative estimate of drug-likeness (QED) is 0.472. The second-order valence-electron chi connectivity index (χ2n) is 3.25. The van der Waals surface area contributed by atoms with Crippen molar-refractivity contribution in [2.45, 2.75) is 6.92 Å². The first-order valence-corrected chi connectivity index (χ1v) is 5.16. The van der Waals surface area contributed by atoms with E-state index in [-0.39, 0.29) is 0 Å². The lowest BCUT2D eigenvalue weighted by Gasteiger charge is -2.18. The fourth-order valence-corrected chi connectivity index (χ4v) is 1.39. The molecule has 0 saturated heterocycles. The second-order valence-corrected chi connectivity index (χ2v) is 3.25. The van der Waals surface area contributed by atoms with E-state index in [1.54, 1.807) is 6.07 Å². The van der Waals surface area contributed by atoms with Crippen LogP contribution in [0.15, 0.2) is 23.4 Å². The molecule has 0 bridgehead atoms. The zero-order valence-electron chi connectivity index (χ0n) is 9.10. The van der Waals surface area contributed by atoms with Gasteiger partial charge in [-0.2, -0.15) is 0 Å². The number of rotatable bonds is 3. The Morgan fingerprint density at radius 1 is 1.38 bits per heavy atom. The molecule has 0 aromatic heterocycles. The monoisotopic (exact) mass is 222 g/mol. The molecule has 1 aliphatic heterocycles. The summed E-state index contributed by atoms with van der Waals surface area (Å²) in [6, 6.07) is 5.44. The minimum atomic E-state index is 0.332. The van der Waals surface area contributed by atoms with Gasteiger partial charge < -0.3 is 20.0 Å². The Balaban J connectivity index is 2.22. The van der Waals surface area contributed by atoms with Gasteiger partial charge in [0, 0.05) is 5.56 Å². The number of nitrogens with two attached hydrogens (primary N) is 1. The summed E-state index contributed by atoms with van der Waals surface area (Å²) in [4.78, 5) is 4.88. The Bertz CT molecular complexity index is 404. The van der Waals surface area contributed by atoms with Crippen molar-refractivity contribution in [1.82, 2.24) is 0 Å². The van der Waals surface area contributed by atoms with Gasteiger partial charge >= 0.3 is 0 Å². The molecule has 1 aromatic carbocycles. The summed E-state index contributed by atoms with van der Waals surface area (Å²) in [5, 5.41) is 3.76. The molecule has 0 radical (unpaired) electrons. The van der Waals surface area contributed by atoms with Crippen LogP contribution in [-0.4, -0.2) is 25.7 Å². The lowest BCUT2D eigenvalue weighted by molar-refractivity contribution is 0.158. The molecular weight excluding hydrogens is 208 g/mol. The van der Waals surface area contributed by atoms with Gasteiger partial charge in [-0.3, -0.25) is 0 Å². The normalized spacial score (nSPS) is 14.7. The standard InChI is InChI=1S/C11H14N2O3/c1-2-16-13-11(12)8-3-4-9-10(7-8)15-6-5-14-9/h3-4,7H,2,5-6H2,1H3,(H2,12,13). The van der Waals surface area contributed by atoms with Gasteiger partial charge in [0.25, 0.3) is 0 Å². The van der Waals surface area contributed by atoms with E-state index in [1.165, 1.54) is 0 Å². The van der Waals surface area contributed by atoms with Crippen LogP contribution in [0, 0.1) is 0 Å². The van der Waals surface area contributed by atoms with Crippen molar-refractivity contribution in [2.75, 3.05) is 19.8 Å². The van der Waals surface area contributed by atoms with Crippen LogP contribution < -0.4 is 15.2 Å². The van der Waals surface area contributed by atoms with Crippen molar-refractivity contribution in [1.29, 1.82) is 0 Å². The van der Waals surface area contributed by atoms with E-state index in [1.807, 2.05) is 19.1 Å². The minimum Gasteiger partial charge on any atom is -0.486 e. The number of oxime groups is 1. The fraction of sp³-hybridized carbons (Fsp3) is 0.364. The number of hydrogen-bond acceptors (Lipinski definition) is 4. The SMILES string of the molecule is CCO/N=C(\N)c1ccc2c(c1)OCCO2. The molecule has 0 fully saturated rings. The smallest absolute Gasteiger partial charge is 0.170 e. The highest BCUT2D eigenvalue weighted by atomic mass is 16.6. The van der Waals surface area contributed by atoms with Crippen molar-refractivity contribution in [2.24, 2.45) is 10.9 Å². The predicted molar refractivity (Wildman–Crippen MR) is 59.8 cm³/mol. The maximum Gasteiger partial charge on any atom is 0.170 e. The van der Waals surface area contributed by atoms with Crippen LogP contribution in [0.1, 0.15) is 12.5 Å². The van der Waals surface area contributed by atoms with Gasteiger partial charge in [0.1, 0.15) is 19.8 Å². The summed E-state index contributed by atoms with van der Waals surface area (Å²) < 4.78 is 10.8. The Kier molecular flexibility index (Phi) is 3.14. The lowest BCUT2D eigenvalue weighted by atomic mass is 10.2. The lowest BCUT2D eigenvalue weighted by Crippen LogP contribution is -2.18. The van der Waals surface area contributed by atoms with Crippen LogP contribution in [0.25, 0.3) is 0 Å². The summed E-state index contributed by atoms with van der Waals surface area (Å²) in [5.74, 6) is 1.76. The van der Waals surface area contributed by atoms with Crippen LogP contribution in [0.2, 0.25) is 0 Å². The summed E-state index contributed by atoms with van der Waals surface area (Å²) in [6.07, 6.45) is 0. The Morgan fingerprint density at radius 3 is 2.88 bits per heavy atom. The van der Waals surface area contributed by atoms with Gasteiger partial charge in [-0.25, -0.2) is 0 Å². The molecule has 0 atom stereocenters. The number of nitrogens with zero attached hydrogens (tertiary/aromatic N) is 1. The van der Waals surface area contributed by atoms with E-state index in [2.05, 4.69) is 5.16 Å².